The van der Waals surface area contributed by atoms with Crippen LogP contribution in [0.1, 0.15) is 24.0 Å². The van der Waals surface area contributed by atoms with E-state index in [1.807, 2.05) is 0 Å². The number of benzene rings is 3. The van der Waals surface area contributed by atoms with Crippen molar-refractivity contribution in [1.82, 2.24) is 0 Å². The summed E-state index contributed by atoms with van der Waals surface area (Å²) in [5, 5.41) is 5.64. The maximum absolute atomic E-state index is 2.35. The Hall–Kier alpha value is -1.30. The van der Waals surface area contributed by atoms with Gasteiger partial charge in [0.25, 0.3) is 0 Å². The molecule has 1 aliphatic rings. The first kappa shape index (κ1) is 12.7. The Kier molecular flexibility index (Phi) is 3.35. The molecule has 0 saturated heterocycles. The van der Waals surface area contributed by atoms with Crippen molar-refractivity contribution in [2.24, 2.45) is 0 Å². The molecule has 1 aliphatic carbocycles. The maximum atomic E-state index is 2.35. The van der Waals surface area contributed by atoms with Crippen LogP contribution in [0.3, 0.4) is 0 Å². The van der Waals surface area contributed by atoms with Gasteiger partial charge in [0, 0.05) is 0 Å². The van der Waals surface area contributed by atoms with Crippen molar-refractivity contribution < 1.29 is 0 Å². The minimum atomic E-state index is 0. The van der Waals surface area contributed by atoms with Crippen LogP contribution < -0.4 is 0 Å². The minimum Gasteiger partial charge on any atom is -0.0616 e. The van der Waals surface area contributed by atoms with Gasteiger partial charge in [-0.2, -0.15) is 0 Å². The largest absolute Gasteiger partial charge is 0.0616 e. The van der Waals surface area contributed by atoms with Crippen molar-refractivity contribution in [3.05, 3.63) is 59.7 Å². The van der Waals surface area contributed by atoms with E-state index in [0.717, 1.165) is 0 Å². The van der Waals surface area contributed by atoms with Gasteiger partial charge in [-0.15, -0.1) is 0 Å². The van der Waals surface area contributed by atoms with Crippen LogP contribution in [0.5, 0.6) is 0 Å². The smallest absolute Gasteiger partial charge is 0.0102 e. The molecule has 96 valence electrons. The number of rotatable bonds is 0. The second-order valence-corrected chi connectivity index (χ2v) is 5.29. The van der Waals surface area contributed by atoms with E-state index in [-0.39, 0.29) is 17.1 Å². The summed E-state index contributed by atoms with van der Waals surface area (Å²) >= 11 is 0. The first-order chi connectivity index (χ1) is 8.93. The monoisotopic (exact) mass is 314 g/mol. The Morgan fingerprint density at radius 3 is 2.37 bits per heavy atom. The zero-order chi connectivity index (χ0) is 11.9. The molecular formula is C18H18Se. The van der Waals surface area contributed by atoms with Gasteiger partial charge in [0.2, 0.25) is 0 Å². The predicted molar refractivity (Wildman–Crippen MR) is 86.6 cm³/mol. The molecule has 0 spiro atoms. The topological polar surface area (TPSA) is 0 Å². The number of hydrogen-bond donors (Lipinski definition) is 0. The summed E-state index contributed by atoms with van der Waals surface area (Å²) in [7, 11) is 0. The molecule has 4 rings (SSSR count). The number of fused-ring (bicyclic) bond motifs is 5. The van der Waals surface area contributed by atoms with Crippen molar-refractivity contribution in [2.45, 2.75) is 25.7 Å². The molecule has 0 aromatic heterocycles. The third kappa shape index (κ3) is 1.98. The molecule has 0 unspecified atom stereocenters. The predicted octanol–water partition coefficient (Wildman–Crippen LogP) is 3.96. The molecule has 3 aromatic rings. The number of hydrogen-bond acceptors (Lipinski definition) is 0. The molecule has 0 amide bonds. The fourth-order valence-electron chi connectivity index (χ4n) is 3.34. The second kappa shape index (κ2) is 5.00. The number of aryl methyl sites for hydroxylation is 2. The summed E-state index contributed by atoms with van der Waals surface area (Å²) in [5.41, 5.74) is 3.17. The van der Waals surface area contributed by atoms with Crippen LogP contribution in [-0.2, 0) is 12.8 Å². The van der Waals surface area contributed by atoms with Crippen LogP contribution in [0.15, 0.2) is 48.5 Å². The first-order valence-corrected chi connectivity index (χ1v) is 6.86. The molecule has 0 atom stereocenters. The molecule has 0 heterocycles. The third-order valence-corrected chi connectivity index (χ3v) is 4.26. The Bertz CT molecular complexity index is 743. The van der Waals surface area contributed by atoms with Crippen molar-refractivity contribution in [2.75, 3.05) is 0 Å². The van der Waals surface area contributed by atoms with Crippen molar-refractivity contribution in [3.63, 3.8) is 0 Å². The summed E-state index contributed by atoms with van der Waals surface area (Å²) in [4.78, 5) is 0. The van der Waals surface area contributed by atoms with Crippen LogP contribution in [0.25, 0.3) is 21.5 Å². The van der Waals surface area contributed by atoms with E-state index in [2.05, 4.69) is 48.5 Å². The van der Waals surface area contributed by atoms with E-state index in [0.29, 0.717) is 0 Å². The van der Waals surface area contributed by atoms with Gasteiger partial charge >= 0.3 is 17.1 Å². The zero-order valence-electron chi connectivity index (χ0n) is 10.9. The normalized spacial score (nSPS) is 14.1. The second-order valence-electron chi connectivity index (χ2n) is 5.29. The molecule has 1 heteroatoms. The molecule has 0 aliphatic heterocycles. The summed E-state index contributed by atoms with van der Waals surface area (Å²) in [5.74, 6) is 0. The molecule has 0 N–H and O–H groups in total. The van der Waals surface area contributed by atoms with Gasteiger partial charge in [-0.25, -0.2) is 0 Å². The van der Waals surface area contributed by atoms with Gasteiger partial charge in [0.1, 0.15) is 0 Å². The Balaban J connectivity index is 0.00000110. The summed E-state index contributed by atoms with van der Waals surface area (Å²) in [6, 6.07) is 18.0. The third-order valence-electron chi connectivity index (χ3n) is 4.26. The molecule has 0 saturated carbocycles. The minimum absolute atomic E-state index is 0. The van der Waals surface area contributed by atoms with Crippen molar-refractivity contribution in [3.8, 4) is 0 Å². The maximum Gasteiger partial charge on any atom is -0.0102 e. The average molecular weight is 313 g/mol. The molecule has 0 bridgehead atoms. The van der Waals surface area contributed by atoms with Gasteiger partial charge in [0.05, 0.1) is 0 Å². The van der Waals surface area contributed by atoms with Gasteiger partial charge in [-0.3, -0.25) is 0 Å². The fourth-order valence-corrected chi connectivity index (χ4v) is 3.34. The molecule has 3 aromatic carbocycles. The Morgan fingerprint density at radius 1 is 0.632 bits per heavy atom. The first-order valence-electron chi connectivity index (χ1n) is 6.86. The zero-order valence-corrected chi connectivity index (χ0v) is 13.0. The van der Waals surface area contributed by atoms with Crippen LogP contribution >= 0.6 is 0 Å². The standard InChI is InChI=1S/C18H16.H2Se/c1-3-7-15-13(5-1)9-11-18-16-8-4-2-6-14(16)10-12-17(15)18;/h1,3,5,7,9-12H,2,4,6,8H2;1H2. The molecule has 0 fully saturated rings. The summed E-state index contributed by atoms with van der Waals surface area (Å²) in [6.07, 6.45) is 5.22. The van der Waals surface area contributed by atoms with E-state index < -0.39 is 0 Å². The van der Waals surface area contributed by atoms with E-state index >= 15 is 0 Å². The molecule has 19 heavy (non-hydrogen) atoms. The fraction of sp³-hybridized carbons (Fsp3) is 0.222. The van der Waals surface area contributed by atoms with E-state index in [1.54, 1.807) is 11.1 Å². The molecule has 0 radical (unpaired) electrons. The van der Waals surface area contributed by atoms with Gasteiger partial charge in [-0.1, -0.05) is 48.5 Å². The summed E-state index contributed by atoms with van der Waals surface area (Å²) in [6.45, 7) is 0. The Morgan fingerprint density at radius 2 is 1.42 bits per heavy atom. The van der Waals surface area contributed by atoms with Crippen molar-refractivity contribution in [1.29, 1.82) is 0 Å². The van der Waals surface area contributed by atoms with Crippen LogP contribution in [-0.4, -0.2) is 17.1 Å². The Labute approximate surface area is 124 Å². The van der Waals surface area contributed by atoms with E-state index in [4.69, 9.17) is 0 Å². The van der Waals surface area contributed by atoms with Gasteiger partial charge in [0.15, 0.2) is 0 Å². The quantitative estimate of drug-likeness (QED) is 0.435. The van der Waals surface area contributed by atoms with Crippen LogP contribution in [0.4, 0.5) is 0 Å². The van der Waals surface area contributed by atoms with Crippen molar-refractivity contribution >= 4 is 38.6 Å². The van der Waals surface area contributed by atoms with Gasteiger partial charge < -0.3 is 0 Å². The average Bonchev–Trinajstić information content (AvgIpc) is 2.46. The van der Waals surface area contributed by atoms with Gasteiger partial charge in [-0.05, 0) is 58.4 Å². The van der Waals surface area contributed by atoms with Crippen LogP contribution in [0, 0.1) is 0 Å². The summed E-state index contributed by atoms with van der Waals surface area (Å²) < 4.78 is 0. The van der Waals surface area contributed by atoms with E-state index in [1.165, 1.54) is 47.2 Å². The molecular weight excluding hydrogens is 295 g/mol. The van der Waals surface area contributed by atoms with E-state index in [9.17, 15) is 0 Å². The molecule has 0 nitrogen and oxygen atoms in total. The SMILES string of the molecule is [SeH2].c1ccc2c(c1)ccc1c3c(ccc12)CCCC3. The van der Waals surface area contributed by atoms with Crippen LogP contribution in [0.2, 0.25) is 0 Å².